The maximum absolute atomic E-state index is 6.28. The van der Waals surface area contributed by atoms with Gasteiger partial charge in [-0.05, 0) is 62.2 Å². The van der Waals surface area contributed by atoms with Crippen LogP contribution in [0.2, 0.25) is 0 Å². The van der Waals surface area contributed by atoms with E-state index in [0.717, 1.165) is 23.7 Å². The summed E-state index contributed by atoms with van der Waals surface area (Å²) in [6.07, 6.45) is 13.2. The second kappa shape index (κ2) is 4.28. The van der Waals surface area contributed by atoms with Crippen LogP contribution in [0.1, 0.15) is 57.8 Å². The first kappa shape index (κ1) is 10.4. The van der Waals surface area contributed by atoms with Gasteiger partial charge in [0.1, 0.15) is 0 Å². The summed E-state index contributed by atoms with van der Waals surface area (Å²) in [6.45, 7) is 0. The van der Waals surface area contributed by atoms with Gasteiger partial charge in [0.2, 0.25) is 0 Å². The van der Waals surface area contributed by atoms with Crippen molar-refractivity contribution >= 4 is 11.6 Å². The molecule has 0 aliphatic heterocycles. The summed E-state index contributed by atoms with van der Waals surface area (Å²) >= 11 is 6.28. The van der Waals surface area contributed by atoms with Gasteiger partial charge in [-0.25, -0.2) is 0 Å². The minimum absolute atomic E-state index is 0.502. The SMILES string of the molecule is ClC1CCCC(CC2CC3CCC2C3)C1. The van der Waals surface area contributed by atoms with E-state index < -0.39 is 0 Å². The van der Waals surface area contributed by atoms with Crippen LogP contribution in [0, 0.1) is 23.7 Å². The number of rotatable bonds is 2. The molecule has 15 heavy (non-hydrogen) atoms. The normalized spacial score (nSPS) is 49.8. The van der Waals surface area contributed by atoms with Crippen LogP contribution in [-0.4, -0.2) is 5.38 Å². The lowest BCUT2D eigenvalue weighted by atomic mass is 9.77. The van der Waals surface area contributed by atoms with Crippen LogP contribution >= 0.6 is 11.6 Å². The van der Waals surface area contributed by atoms with Crippen LogP contribution in [0.25, 0.3) is 0 Å². The van der Waals surface area contributed by atoms with Gasteiger partial charge in [0.05, 0.1) is 0 Å². The Morgan fingerprint density at radius 1 is 0.933 bits per heavy atom. The predicted molar refractivity (Wildman–Crippen MR) is 65.2 cm³/mol. The number of alkyl halides is 1. The van der Waals surface area contributed by atoms with Gasteiger partial charge in [0, 0.05) is 5.38 Å². The second-order valence-electron chi connectivity index (χ2n) is 6.30. The summed E-state index contributed by atoms with van der Waals surface area (Å²) in [5, 5.41) is 0.502. The maximum Gasteiger partial charge on any atom is 0.0338 e. The molecule has 0 aromatic heterocycles. The third-order valence-corrected chi connectivity index (χ3v) is 5.64. The Kier molecular flexibility index (Phi) is 2.98. The van der Waals surface area contributed by atoms with E-state index in [1.807, 2.05) is 0 Å². The molecule has 3 fully saturated rings. The highest BCUT2D eigenvalue weighted by molar-refractivity contribution is 6.20. The van der Waals surface area contributed by atoms with E-state index >= 15 is 0 Å². The van der Waals surface area contributed by atoms with Gasteiger partial charge in [0.15, 0.2) is 0 Å². The largest absolute Gasteiger partial charge is 0.123 e. The zero-order valence-corrected chi connectivity index (χ0v) is 10.4. The Labute approximate surface area is 98.8 Å². The Hall–Kier alpha value is 0.290. The molecule has 3 aliphatic carbocycles. The van der Waals surface area contributed by atoms with Gasteiger partial charge < -0.3 is 0 Å². The molecule has 5 unspecified atom stereocenters. The summed E-state index contributed by atoms with van der Waals surface area (Å²) in [5.74, 6) is 4.31. The molecule has 0 amide bonds. The zero-order valence-electron chi connectivity index (χ0n) is 9.63. The first-order valence-electron chi connectivity index (χ1n) is 6.95. The standard InChI is InChI=1S/C14H23Cl/c15-14-3-1-2-10(9-14)7-13-8-11-4-5-12(13)6-11/h10-14H,1-9H2. The third kappa shape index (κ3) is 2.20. The van der Waals surface area contributed by atoms with Crippen molar-refractivity contribution < 1.29 is 0 Å². The minimum atomic E-state index is 0.502. The molecule has 0 N–H and O–H groups in total. The molecule has 1 heteroatoms. The highest BCUT2D eigenvalue weighted by Gasteiger charge is 2.40. The third-order valence-electron chi connectivity index (χ3n) is 5.24. The van der Waals surface area contributed by atoms with Crippen molar-refractivity contribution in [2.24, 2.45) is 23.7 Å². The number of halogens is 1. The van der Waals surface area contributed by atoms with E-state index in [1.165, 1.54) is 32.1 Å². The van der Waals surface area contributed by atoms with Gasteiger partial charge in [-0.3, -0.25) is 0 Å². The van der Waals surface area contributed by atoms with Gasteiger partial charge in [-0.1, -0.05) is 19.3 Å². The van der Waals surface area contributed by atoms with Crippen molar-refractivity contribution in [1.82, 2.24) is 0 Å². The molecular weight excluding hydrogens is 204 g/mol. The molecular formula is C14H23Cl. The summed E-state index contributed by atoms with van der Waals surface area (Å²) < 4.78 is 0. The molecule has 0 aromatic carbocycles. The van der Waals surface area contributed by atoms with Crippen molar-refractivity contribution in [3.05, 3.63) is 0 Å². The fourth-order valence-electron chi connectivity index (χ4n) is 4.53. The molecule has 0 saturated heterocycles. The minimum Gasteiger partial charge on any atom is -0.123 e. The molecule has 2 bridgehead atoms. The van der Waals surface area contributed by atoms with E-state index in [2.05, 4.69) is 0 Å². The fraction of sp³-hybridized carbons (Fsp3) is 1.00. The van der Waals surface area contributed by atoms with Gasteiger partial charge in [-0.2, -0.15) is 0 Å². The predicted octanol–water partition coefficient (Wildman–Crippen LogP) is 4.61. The number of hydrogen-bond acceptors (Lipinski definition) is 0. The second-order valence-corrected chi connectivity index (χ2v) is 6.92. The average molecular weight is 227 g/mol. The van der Waals surface area contributed by atoms with Crippen LogP contribution in [0.3, 0.4) is 0 Å². The Morgan fingerprint density at radius 3 is 2.53 bits per heavy atom. The lowest BCUT2D eigenvalue weighted by Gasteiger charge is -2.30. The van der Waals surface area contributed by atoms with Crippen molar-refractivity contribution in [2.45, 2.75) is 63.2 Å². The molecule has 0 spiro atoms. The first-order chi connectivity index (χ1) is 7.31. The molecule has 0 nitrogen and oxygen atoms in total. The van der Waals surface area contributed by atoms with Crippen LogP contribution in [0.5, 0.6) is 0 Å². The topological polar surface area (TPSA) is 0 Å². The molecule has 3 saturated carbocycles. The Bertz CT molecular complexity index is 225. The molecule has 0 radical (unpaired) electrons. The van der Waals surface area contributed by atoms with Crippen LogP contribution in [0.15, 0.2) is 0 Å². The van der Waals surface area contributed by atoms with E-state index in [0.29, 0.717) is 5.38 Å². The molecule has 3 rings (SSSR count). The molecule has 5 atom stereocenters. The van der Waals surface area contributed by atoms with E-state index in [1.54, 1.807) is 25.7 Å². The monoisotopic (exact) mass is 226 g/mol. The average Bonchev–Trinajstić information content (AvgIpc) is 2.79. The Balaban J connectivity index is 1.52. The highest BCUT2D eigenvalue weighted by Crippen LogP contribution is 2.51. The van der Waals surface area contributed by atoms with Crippen molar-refractivity contribution in [3.63, 3.8) is 0 Å². The first-order valence-corrected chi connectivity index (χ1v) is 7.39. The zero-order chi connectivity index (χ0) is 10.3. The van der Waals surface area contributed by atoms with Crippen LogP contribution in [-0.2, 0) is 0 Å². The molecule has 0 aromatic rings. The van der Waals surface area contributed by atoms with Crippen LogP contribution in [0.4, 0.5) is 0 Å². The molecule has 0 heterocycles. The van der Waals surface area contributed by atoms with Crippen molar-refractivity contribution in [3.8, 4) is 0 Å². The Morgan fingerprint density at radius 2 is 1.87 bits per heavy atom. The fourth-order valence-corrected chi connectivity index (χ4v) is 4.94. The summed E-state index contributed by atoms with van der Waals surface area (Å²) in [5.41, 5.74) is 0. The lowest BCUT2D eigenvalue weighted by Crippen LogP contribution is -2.21. The van der Waals surface area contributed by atoms with E-state index in [-0.39, 0.29) is 0 Å². The summed E-state index contributed by atoms with van der Waals surface area (Å²) in [4.78, 5) is 0. The van der Waals surface area contributed by atoms with Gasteiger partial charge in [0.25, 0.3) is 0 Å². The van der Waals surface area contributed by atoms with Gasteiger partial charge in [-0.15, -0.1) is 11.6 Å². The highest BCUT2D eigenvalue weighted by atomic mass is 35.5. The number of hydrogen-bond donors (Lipinski definition) is 0. The summed E-state index contributed by atoms with van der Waals surface area (Å²) in [6, 6.07) is 0. The quantitative estimate of drug-likeness (QED) is 0.604. The smallest absolute Gasteiger partial charge is 0.0338 e. The summed E-state index contributed by atoms with van der Waals surface area (Å²) in [7, 11) is 0. The van der Waals surface area contributed by atoms with Crippen molar-refractivity contribution in [1.29, 1.82) is 0 Å². The van der Waals surface area contributed by atoms with E-state index in [9.17, 15) is 0 Å². The van der Waals surface area contributed by atoms with Crippen molar-refractivity contribution in [2.75, 3.05) is 0 Å². The van der Waals surface area contributed by atoms with Gasteiger partial charge >= 0.3 is 0 Å². The maximum atomic E-state index is 6.28. The number of fused-ring (bicyclic) bond motifs is 2. The molecule has 3 aliphatic rings. The van der Waals surface area contributed by atoms with Crippen LogP contribution < -0.4 is 0 Å². The lowest BCUT2D eigenvalue weighted by molar-refractivity contribution is 0.232. The van der Waals surface area contributed by atoms with E-state index in [4.69, 9.17) is 11.6 Å². The molecule has 86 valence electrons.